The lowest BCUT2D eigenvalue weighted by molar-refractivity contribution is 0.0671. The van der Waals surface area contributed by atoms with Gasteiger partial charge < -0.3 is 14.7 Å². The summed E-state index contributed by atoms with van der Waals surface area (Å²) in [6, 6.07) is 15.2. The standard InChI is InChI=1S/C18H19NO3/c1-22-15-8-6-13(7-9-15)17(10-11-20)19-12-14-4-2-3-5-16(14)18(19)21/h2-9,17,20H,10-12H2,1H3/t17-/m0/s1. The lowest BCUT2D eigenvalue weighted by Crippen LogP contribution is -2.29. The maximum Gasteiger partial charge on any atom is 0.255 e. The number of hydrogen-bond acceptors (Lipinski definition) is 3. The third kappa shape index (κ3) is 2.57. The Morgan fingerprint density at radius 2 is 1.91 bits per heavy atom. The maximum atomic E-state index is 12.6. The van der Waals surface area contributed by atoms with Crippen molar-refractivity contribution in [1.29, 1.82) is 0 Å². The minimum absolute atomic E-state index is 0.0323. The van der Waals surface area contributed by atoms with E-state index in [4.69, 9.17) is 4.74 Å². The van der Waals surface area contributed by atoms with Crippen LogP contribution in [0.25, 0.3) is 0 Å². The molecule has 0 unspecified atom stereocenters. The molecule has 0 spiro atoms. The molecule has 1 aliphatic rings. The Kier molecular flexibility index (Phi) is 4.11. The van der Waals surface area contributed by atoms with Crippen LogP contribution in [0.15, 0.2) is 48.5 Å². The Morgan fingerprint density at radius 1 is 1.18 bits per heavy atom. The number of amides is 1. The second kappa shape index (κ2) is 6.20. The van der Waals surface area contributed by atoms with E-state index >= 15 is 0 Å². The van der Waals surface area contributed by atoms with E-state index in [0.29, 0.717) is 13.0 Å². The number of ether oxygens (including phenoxy) is 1. The molecule has 4 nitrogen and oxygen atoms in total. The zero-order chi connectivity index (χ0) is 15.5. The fourth-order valence-electron chi connectivity index (χ4n) is 2.98. The molecule has 2 aromatic rings. The van der Waals surface area contributed by atoms with E-state index in [9.17, 15) is 9.90 Å². The van der Waals surface area contributed by atoms with Gasteiger partial charge in [0.2, 0.25) is 0 Å². The van der Waals surface area contributed by atoms with Crippen molar-refractivity contribution in [2.45, 2.75) is 19.0 Å². The topological polar surface area (TPSA) is 49.8 Å². The largest absolute Gasteiger partial charge is 0.497 e. The first-order chi connectivity index (χ1) is 10.7. The molecular formula is C18H19NO3. The summed E-state index contributed by atoms with van der Waals surface area (Å²) in [5.74, 6) is 0.812. The summed E-state index contributed by atoms with van der Waals surface area (Å²) in [6.45, 7) is 0.628. The van der Waals surface area contributed by atoms with Crippen LogP contribution in [0.3, 0.4) is 0 Å². The van der Waals surface area contributed by atoms with Gasteiger partial charge in [-0.3, -0.25) is 4.79 Å². The Balaban J connectivity index is 1.90. The Bertz CT molecular complexity index is 666. The second-order valence-corrected chi connectivity index (χ2v) is 5.39. The van der Waals surface area contributed by atoms with E-state index in [1.807, 2.05) is 53.4 Å². The number of hydrogen-bond donors (Lipinski definition) is 1. The smallest absolute Gasteiger partial charge is 0.255 e. The van der Waals surface area contributed by atoms with Gasteiger partial charge in [0.25, 0.3) is 5.91 Å². The molecule has 0 aliphatic carbocycles. The van der Waals surface area contributed by atoms with Crippen LogP contribution in [0.2, 0.25) is 0 Å². The minimum atomic E-state index is -0.129. The van der Waals surface area contributed by atoms with E-state index in [-0.39, 0.29) is 18.6 Å². The molecule has 3 rings (SSSR count). The molecule has 114 valence electrons. The number of nitrogens with zero attached hydrogens (tertiary/aromatic N) is 1. The SMILES string of the molecule is COc1ccc([C@H](CCO)N2Cc3ccccc3C2=O)cc1. The third-order valence-corrected chi connectivity index (χ3v) is 4.13. The molecule has 1 N–H and O–H groups in total. The van der Waals surface area contributed by atoms with E-state index in [2.05, 4.69) is 0 Å². The zero-order valence-corrected chi connectivity index (χ0v) is 12.5. The highest BCUT2D eigenvalue weighted by Crippen LogP contribution is 2.33. The van der Waals surface area contributed by atoms with Crippen LogP contribution in [0.5, 0.6) is 5.75 Å². The van der Waals surface area contributed by atoms with Gasteiger partial charge in [-0.05, 0) is 35.7 Å². The van der Waals surface area contributed by atoms with Gasteiger partial charge in [0.15, 0.2) is 0 Å². The molecule has 0 fully saturated rings. The fraction of sp³-hybridized carbons (Fsp3) is 0.278. The molecule has 0 radical (unpaired) electrons. The average Bonchev–Trinajstić information content (AvgIpc) is 2.90. The highest BCUT2D eigenvalue weighted by Gasteiger charge is 2.32. The molecule has 0 bridgehead atoms. The van der Waals surface area contributed by atoms with Crippen LogP contribution in [-0.4, -0.2) is 29.6 Å². The average molecular weight is 297 g/mol. The van der Waals surface area contributed by atoms with E-state index < -0.39 is 0 Å². The molecule has 0 saturated heterocycles. The van der Waals surface area contributed by atoms with E-state index in [0.717, 1.165) is 22.4 Å². The molecule has 1 heterocycles. The summed E-state index contributed by atoms with van der Waals surface area (Å²) in [6.07, 6.45) is 0.520. The summed E-state index contributed by atoms with van der Waals surface area (Å²) in [4.78, 5) is 14.5. The van der Waals surface area contributed by atoms with Gasteiger partial charge in [-0.25, -0.2) is 0 Å². The minimum Gasteiger partial charge on any atom is -0.497 e. The zero-order valence-electron chi connectivity index (χ0n) is 12.5. The van der Waals surface area contributed by atoms with Crippen LogP contribution in [0.4, 0.5) is 0 Å². The van der Waals surface area contributed by atoms with Gasteiger partial charge >= 0.3 is 0 Å². The quantitative estimate of drug-likeness (QED) is 0.923. The number of aliphatic hydroxyl groups excluding tert-OH is 1. The normalized spacial score (nSPS) is 14.8. The van der Waals surface area contributed by atoms with Gasteiger partial charge in [0.05, 0.1) is 13.2 Å². The number of aliphatic hydroxyl groups is 1. The number of benzene rings is 2. The Labute approximate surface area is 130 Å². The van der Waals surface area contributed by atoms with Crippen molar-refractivity contribution in [1.82, 2.24) is 4.90 Å². The van der Waals surface area contributed by atoms with Crippen LogP contribution in [0, 0.1) is 0 Å². The first-order valence-corrected chi connectivity index (χ1v) is 7.38. The van der Waals surface area contributed by atoms with Crippen molar-refractivity contribution >= 4 is 5.91 Å². The molecule has 2 aromatic carbocycles. The number of fused-ring (bicyclic) bond motifs is 1. The van der Waals surface area contributed by atoms with Crippen molar-refractivity contribution in [3.05, 3.63) is 65.2 Å². The predicted molar refractivity (Wildman–Crippen MR) is 83.8 cm³/mol. The molecular weight excluding hydrogens is 278 g/mol. The molecule has 0 saturated carbocycles. The van der Waals surface area contributed by atoms with Crippen molar-refractivity contribution in [3.63, 3.8) is 0 Å². The molecule has 1 atom stereocenters. The van der Waals surface area contributed by atoms with Gasteiger partial charge in [0, 0.05) is 18.7 Å². The van der Waals surface area contributed by atoms with E-state index in [1.165, 1.54) is 0 Å². The van der Waals surface area contributed by atoms with Crippen LogP contribution < -0.4 is 4.74 Å². The maximum absolute atomic E-state index is 12.6. The lowest BCUT2D eigenvalue weighted by atomic mass is 10.0. The third-order valence-electron chi connectivity index (χ3n) is 4.13. The first kappa shape index (κ1) is 14.6. The molecule has 22 heavy (non-hydrogen) atoms. The van der Waals surface area contributed by atoms with Gasteiger partial charge in [-0.15, -0.1) is 0 Å². The van der Waals surface area contributed by atoms with Crippen molar-refractivity contribution < 1.29 is 14.6 Å². The number of carbonyl (C=O) groups is 1. The molecule has 1 aliphatic heterocycles. The van der Waals surface area contributed by atoms with Gasteiger partial charge in [-0.2, -0.15) is 0 Å². The lowest BCUT2D eigenvalue weighted by Gasteiger charge is -2.28. The second-order valence-electron chi connectivity index (χ2n) is 5.39. The number of methoxy groups -OCH3 is 1. The Hall–Kier alpha value is -2.33. The van der Waals surface area contributed by atoms with E-state index in [1.54, 1.807) is 7.11 Å². The van der Waals surface area contributed by atoms with Crippen LogP contribution in [0.1, 0.15) is 33.9 Å². The van der Waals surface area contributed by atoms with Gasteiger partial charge in [0.1, 0.15) is 5.75 Å². The van der Waals surface area contributed by atoms with Crippen molar-refractivity contribution in [2.75, 3.05) is 13.7 Å². The summed E-state index contributed by atoms with van der Waals surface area (Å²) in [5, 5.41) is 9.40. The van der Waals surface area contributed by atoms with Crippen LogP contribution in [-0.2, 0) is 6.54 Å². The van der Waals surface area contributed by atoms with Crippen molar-refractivity contribution in [2.24, 2.45) is 0 Å². The van der Waals surface area contributed by atoms with Gasteiger partial charge in [-0.1, -0.05) is 30.3 Å². The first-order valence-electron chi connectivity index (χ1n) is 7.38. The molecule has 1 amide bonds. The Morgan fingerprint density at radius 3 is 2.55 bits per heavy atom. The number of rotatable bonds is 5. The molecule has 0 aromatic heterocycles. The summed E-state index contributed by atoms with van der Waals surface area (Å²) < 4.78 is 5.18. The summed E-state index contributed by atoms with van der Waals surface area (Å²) in [5.41, 5.74) is 2.82. The van der Waals surface area contributed by atoms with Crippen LogP contribution >= 0.6 is 0 Å². The van der Waals surface area contributed by atoms with Crippen molar-refractivity contribution in [3.8, 4) is 5.75 Å². The number of carbonyl (C=O) groups excluding carboxylic acids is 1. The summed E-state index contributed by atoms with van der Waals surface area (Å²) in [7, 11) is 1.63. The summed E-state index contributed by atoms with van der Waals surface area (Å²) >= 11 is 0. The highest BCUT2D eigenvalue weighted by molar-refractivity contribution is 5.98. The highest BCUT2D eigenvalue weighted by atomic mass is 16.5. The predicted octanol–water partition coefficient (Wildman–Crippen LogP) is 2.77. The fourth-order valence-corrected chi connectivity index (χ4v) is 2.98. The molecule has 4 heteroatoms. The monoisotopic (exact) mass is 297 g/mol.